The number of nitrogens with one attached hydrogen (secondary N) is 1. The predicted molar refractivity (Wildman–Crippen MR) is 78.0 cm³/mol. The van der Waals surface area contributed by atoms with E-state index in [-0.39, 0.29) is 0 Å². The van der Waals surface area contributed by atoms with Crippen LogP contribution in [0.2, 0.25) is 0 Å². The molecule has 2 aliphatic heterocycles. The van der Waals surface area contributed by atoms with Crippen LogP contribution >= 0.6 is 0 Å². The number of hydrogen-bond donors (Lipinski definition) is 1. The lowest BCUT2D eigenvalue weighted by Gasteiger charge is -2.45. The van der Waals surface area contributed by atoms with Crippen LogP contribution in [0, 0.1) is 5.92 Å². The molecule has 2 saturated heterocycles. The molecule has 0 radical (unpaired) electrons. The van der Waals surface area contributed by atoms with Crippen molar-refractivity contribution in [2.24, 2.45) is 5.92 Å². The van der Waals surface area contributed by atoms with Crippen LogP contribution in [0.1, 0.15) is 40.0 Å². The van der Waals surface area contributed by atoms with Gasteiger partial charge in [0.15, 0.2) is 0 Å². The van der Waals surface area contributed by atoms with E-state index in [0.717, 1.165) is 18.0 Å². The van der Waals surface area contributed by atoms with Gasteiger partial charge in [-0.15, -0.1) is 0 Å². The molecule has 1 unspecified atom stereocenters. The summed E-state index contributed by atoms with van der Waals surface area (Å²) in [7, 11) is 0. The smallest absolute Gasteiger partial charge is 0.0226 e. The Bertz CT molecular complexity index is 236. The first-order chi connectivity index (χ1) is 8.70. The molecular weight excluding hydrogens is 222 g/mol. The average molecular weight is 253 g/mol. The Hall–Kier alpha value is -0.120. The number of rotatable bonds is 4. The van der Waals surface area contributed by atoms with Crippen molar-refractivity contribution in [1.29, 1.82) is 0 Å². The molecule has 1 N–H and O–H groups in total. The lowest BCUT2D eigenvalue weighted by atomic mass is 9.97. The van der Waals surface area contributed by atoms with Gasteiger partial charge >= 0.3 is 0 Å². The molecule has 0 amide bonds. The maximum Gasteiger partial charge on any atom is 0.0226 e. The second-order valence-corrected chi connectivity index (χ2v) is 6.39. The fraction of sp³-hybridized carbons (Fsp3) is 1.00. The highest BCUT2D eigenvalue weighted by molar-refractivity contribution is 4.87. The van der Waals surface area contributed by atoms with Crippen molar-refractivity contribution in [2.75, 3.05) is 39.3 Å². The molecule has 0 aromatic carbocycles. The molecule has 18 heavy (non-hydrogen) atoms. The minimum atomic E-state index is 0.790. The topological polar surface area (TPSA) is 18.5 Å². The van der Waals surface area contributed by atoms with E-state index in [9.17, 15) is 0 Å². The van der Waals surface area contributed by atoms with Crippen LogP contribution in [0.15, 0.2) is 0 Å². The summed E-state index contributed by atoms with van der Waals surface area (Å²) < 4.78 is 0. The van der Waals surface area contributed by atoms with Gasteiger partial charge in [-0.05, 0) is 44.8 Å². The Kier molecular flexibility index (Phi) is 5.46. The average Bonchev–Trinajstić information content (AvgIpc) is 2.39. The van der Waals surface area contributed by atoms with Crippen LogP contribution in [0.4, 0.5) is 0 Å². The Labute approximate surface area is 113 Å². The zero-order valence-corrected chi connectivity index (χ0v) is 12.5. The third kappa shape index (κ3) is 3.69. The fourth-order valence-electron chi connectivity index (χ4n) is 3.60. The summed E-state index contributed by atoms with van der Waals surface area (Å²) in [4.78, 5) is 5.47. The summed E-state index contributed by atoms with van der Waals surface area (Å²) in [5.74, 6) is 0.817. The molecule has 0 saturated carbocycles. The lowest BCUT2D eigenvalue weighted by Crippen LogP contribution is -2.57. The largest absolute Gasteiger partial charge is 0.317 e. The molecule has 2 aliphatic rings. The second-order valence-electron chi connectivity index (χ2n) is 6.39. The first kappa shape index (κ1) is 14.3. The molecule has 0 spiro atoms. The van der Waals surface area contributed by atoms with Crippen molar-refractivity contribution < 1.29 is 0 Å². The van der Waals surface area contributed by atoms with Gasteiger partial charge in [0.2, 0.25) is 0 Å². The Balaban J connectivity index is 1.90. The van der Waals surface area contributed by atoms with Crippen molar-refractivity contribution >= 4 is 0 Å². The van der Waals surface area contributed by atoms with Gasteiger partial charge in [-0.25, -0.2) is 0 Å². The summed E-state index contributed by atoms with van der Waals surface area (Å²) in [6.45, 7) is 14.5. The molecule has 3 nitrogen and oxygen atoms in total. The quantitative estimate of drug-likeness (QED) is 0.824. The summed E-state index contributed by atoms with van der Waals surface area (Å²) >= 11 is 0. The second kappa shape index (κ2) is 6.88. The highest BCUT2D eigenvalue weighted by Gasteiger charge is 2.30. The lowest BCUT2D eigenvalue weighted by molar-refractivity contribution is 0.0333. The number of nitrogens with zero attached hydrogens (tertiary/aromatic N) is 2. The van der Waals surface area contributed by atoms with Gasteiger partial charge < -0.3 is 5.32 Å². The molecule has 0 aromatic heterocycles. The zero-order chi connectivity index (χ0) is 13.0. The van der Waals surface area contributed by atoms with Gasteiger partial charge in [0.25, 0.3) is 0 Å². The van der Waals surface area contributed by atoms with Gasteiger partial charge in [-0.3, -0.25) is 9.80 Å². The first-order valence-electron chi connectivity index (χ1n) is 7.89. The van der Waals surface area contributed by atoms with Gasteiger partial charge in [0.1, 0.15) is 0 Å². The molecule has 106 valence electrons. The molecule has 2 rings (SSSR count). The molecule has 0 bridgehead atoms. The summed E-state index contributed by atoms with van der Waals surface area (Å²) in [5.41, 5.74) is 0. The SMILES string of the molecule is CCN1CCN(C2CCNCC2)CC1CC(C)C. The number of piperidine rings is 1. The van der Waals surface area contributed by atoms with Gasteiger partial charge in [-0.2, -0.15) is 0 Å². The van der Waals surface area contributed by atoms with Crippen molar-refractivity contribution in [3.05, 3.63) is 0 Å². The van der Waals surface area contributed by atoms with E-state index >= 15 is 0 Å². The molecule has 0 aliphatic carbocycles. The fourth-order valence-corrected chi connectivity index (χ4v) is 3.60. The zero-order valence-electron chi connectivity index (χ0n) is 12.5. The minimum absolute atomic E-state index is 0.790. The number of piperazine rings is 1. The van der Waals surface area contributed by atoms with Crippen molar-refractivity contribution in [3.63, 3.8) is 0 Å². The normalized spacial score (nSPS) is 29.0. The van der Waals surface area contributed by atoms with E-state index in [0.29, 0.717) is 0 Å². The summed E-state index contributed by atoms with van der Waals surface area (Å²) in [6, 6.07) is 1.64. The van der Waals surface area contributed by atoms with Gasteiger partial charge in [0, 0.05) is 31.7 Å². The number of likely N-dealkylation sites (N-methyl/N-ethyl adjacent to an activating group) is 1. The van der Waals surface area contributed by atoms with Crippen LogP contribution in [0.25, 0.3) is 0 Å². The van der Waals surface area contributed by atoms with Gasteiger partial charge in [0.05, 0.1) is 0 Å². The van der Waals surface area contributed by atoms with Crippen molar-refractivity contribution in [3.8, 4) is 0 Å². The first-order valence-corrected chi connectivity index (χ1v) is 7.89. The molecule has 2 fully saturated rings. The predicted octanol–water partition coefficient (Wildman–Crippen LogP) is 1.79. The van der Waals surface area contributed by atoms with E-state index in [1.165, 1.54) is 58.5 Å². The summed E-state index contributed by atoms with van der Waals surface area (Å²) in [5, 5.41) is 3.48. The van der Waals surface area contributed by atoms with Crippen molar-refractivity contribution in [2.45, 2.75) is 52.1 Å². The van der Waals surface area contributed by atoms with Crippen LogP contribution in [-0.2, 0) is 0 Å². The minimum Gasteiger partial charge on any atom is -0.317 e. The van der Waals surface area contributed by atoms with E-state index in [1.54, 1.807) is 0 Å². The van der Waals surface area contributed by atoms with E-state index < -0.39 is 0 Å². The molecule has 0 aromatic rings. The number of hydrogen-bond acceptors (Lipinski definition) is 3. The third-order valence-electron chi connectivity index (χ3n) is 4.61. The van der Waals surface area contributed by atoms with Crippen molar-refractivity contribution in [1.82, 2.24) is 15.1 Å². The maximum absolute atomic E-state index is 3.48. The highest BCUT2D eigenvalue weighted by Crippen LogP contribution is 2.21. The standard InChI is InChI=1S/C15H31N3/c1-4-17-9-10-18(12-15(17)11-13(2)3)14-5-7-16-8-6-14/h13-16H,4-12H2,1-3H3. The molecule has 2 heterocycles. The highest BCUT2D eigenvalue weighted by atomic mass is 15.3. The third-order valence-corrected chi connectivity index (χ3v) is 4.61. The maximum atomic E-state index is 3.48. The van der Waals surface area contributed by atoms with Gasteiger partial charge in [-0.1, -0.05) is 20.8 Å². The monoisotopic (exact) mass is 253 g/mol. The van der Waals surface area contributed by atoms with Crippen LogP contribution in [0.3, 0.4) is 0 Å². The molecular formula is C15H31N3. The molecule has 3 heteroatoms. The summed E-state index contributed by atoms with van der Waals surface area (Å²) in [6.07, 6.45) is 4.05. The van der Waals surface area contributed by atoms with Crippen LogP contribution in [0.5, 0.6) is 0 Å². The Morgan fingerprint density at radius 1 is 1.17 bits per heavy atom. The van der Waals surface area contributed by atoms with E-state index in [2.05, 4.69) is 35.9 Å². The van der Waals surface area contributed by atoms with E-state index in [1.807, 2.05) is 0 Å². The Morgan fingerprint density at radius 3 is 2.50 bits per heavy atom. The van der Waals surface area contributed by atoms with Crippen LogP contribution < -0.4 is 5.32 Å². The Morgan fingerprint density at radius 2 is 1.89 bits per heavy atom. The molecule has 1 atom stereocenters. The van der Waals surface area contributed by atoms with E-state index in [4.69, 9.17) is 0 Å². The van der Waals surface area contributed by atoms with Crippen LogP contribution in [-0.4, -0.2) is 61.2 Å².